The smallest absolute Gasteiger partial charge is 0.264 e. The van der Waals surface area contributed by atoms with Crippen molar-refractivity contribution in [1.29, 1.82) is 0 Å². The lowest BCUT2D eigenvalue weighted by Gasteiger charge is -2.08. The average molecular weight is 284 g/mol. The van der Waals surface area contributed by atoms with Crippen LogP contribution < -0.4 is 4.89 Å². The fourth-order valence-corrected chi connectivity index (χ4v) is 2.32. The topological polar surface area (TPSA) is 64.6 Å². The van der Waals surface area contributed by atoms with Crippen LogP contribution in [0.25, 0.3) is 0 Å². The quantitative estimate of drug-likeness (QED) is 0.632. The molecule has 5 nitrogen and oxygen atoms in total. The van der Waals surface area contributed by atoms with Crippen molar-refractivity contribution in [1.82, 2.24) is 4.89 Å². The zero-order valence-corrected chi connectivity index (χ0v) is 10.5. The van der Waals surface area contributed by atoms with Gasteiger partial charge < -0.3 is 4.74 Å². The van der Waals surface area contributed by atoms with E-state index in [1.165, 1.54) is 7.11 Å². The summed E-state index contributed by atoms with van der Waals surface area (Å²) in [6.07, 6.45) is 0. The molecular weight excluding hydrogens is 273 g/mol. The molecule has 1 aromatic rings. The molecule has 0 atom stereocenters. The van der Waals surface area contributed by atoms with E-state index in [2.05, 4.69) is 9.57 Å². The second-order valence-corrected chi connectivity index (χ2v) is 5.02. The Morgan fingerprint density at radius 3 is 2.76 bits per heavy atom. The van der Waals surface area contributed by atoms with Crippen molar-refractivity contribution in [2.24, 2.45) is 0 Å². The van der Waals surface area contributed by atoms with Crippen LogP contribution in [-0.2, 0) is 19.6 Å². The molecule has 0 amide bonds. The molecule has 0 aliphatic heterocycles. The second kappa shape index (κ2) is 6.27. The Hall–Kier alpha value is -0.730. The third kappa shape index (κ3) is 4.21. The predicted molar refractivity (Wildman–Crippen MR) is 59.6 cm³/mol. The van der Waals surface area contributed by atoms with Gasteiger partial charge in [0.05, 0.1) is 18.2 Å². The molecule has 0 heterocycles. The summed E-state index contributed by atoms with van der Waals surface area (Å²) in [6.45, 7) is 0.252. The number of benzene rings is 1. The lowest BCUT2D eigenvalue weighted by molar-refractivity contribution is 0.0438. The van der Waals surface area contributed by atoms with E-state index in [-0.39, 0.29) is 23.1 Å². The molecule has 0 spiro atoms. The molecule has 0 aliphatic carbocycles. The molecule has 0 fully saturated rings. The van der Waals surface area contributed by atoms with E-state index in [0.29, 0.717) is 0 Å². The molecular formula is C9H11ClFNO4S. The van der Waals surface area contributed by atoms with Crippen molar-refractivity contribution in [3.8, 4) is 0 Å². The number of methoxy groups -OCH3 is 1. The maximum atomic E-state index is 12.9. The molecule has 1 rings (SSSR count). The number of hydrogen-bond donors (Lipinski definition) is 1. The van der Waals surface area contributed by atoms with Gasteiger partial charge in [0.1, 0.15) is 10.7 Å². The molecule has 0 unspecified atom stereocenters. The van der Waals surface area contributed by atoms with E-state index < -0.39 is 15.8 Å². The highest BCUT2D eigenvalue weighted by Gasteiger charge is 2.18. The van der Waals surface area contributed by atoms with Gasteiger partial charge in [-0.25, -0.2) is 12.8 Å². The Balaban J connectivity index is 2.79. The van der Waals surface area contributed by atoms with Crippen LogP contribution in [0.4, 0.5) is 4.39 Å². The first kappa shape index (κ1) is 14.3. The first-order valence-electron chi connectivity index (χ1n) is 4.55. The Kier molecular flexibility index (Phi) is 5.29. The highest BCUT2D eigenvalue weighted by molar-refractivity contribution is 7.89. The highest BCUT2D eigenvalue weighted by atomic mass is 35.5. The molecule has 1 aromatic carbocycles. The largest absolute Gasteiger partial charge is 0.382 e. The van der Waals surface area contributed by atoms with Crippen molar-refractivity contribution >= 4 is 21.6 Å². The van der Waals surface area contributed by atoms with Crippen LogP contribution in [0.15, 0.2) is 23.1 Å². The van der Waals surface area contributed by atoms with Crippen molar-refractivity contribution in [3.05, 3.63) is 29.0 Å². The summed E-state index contributed by atoms with van der Waals surface area (Å²) in [6, 6.07) is 3.03. The normalized spacial score (nSPS) is 11.7. The molecule has 0 radical (unpaired) electrons. The molecule has 17 heavy (non-hydrogen) atoms. The Labute approximate surface area is 103 Å². The third-order valence-corrected chi connectivity index (χ3v) is 3.44. The van der Waals surface area contributed by atoms with E-state index >= 15 is 0 Å². The first-order valence-corrected chi connectivity index (χ1v) is 6.41. The minimum Gasteiger partial charge on any atom is -0.382 e. The van der Waals surface area contributed by atoms with Gasteiger partial charge in [0, 0.05) is 7.11 Å². The SMILES string of the molecule is COCCONS(=O)(=O)c1cc(F)ccc1Cl. The number of halogens is 2. The molecule has 0 bridgehead atoms. The van der Waals surface area contributed by atoms with E-state index in [1.54, 1.807) is 0 Å². The lowest BCUT2D eigenvalue weighted by atomic mass is 10.3. The Morgan fingerprint density at radius 2 is 2.12 bits per heavy atom. The van der Waals surface area contributed by atoms with Crippen molar-refractivity contribution in [2.75, 3.05) is 20.3 Å². The van der Waals surface area contributed by atoms with Crippen LogP contribution in [0, 0.1) is 5.82 Å². The maximum Gasteiger partial charge on any atom is 0.264 e. The second-order valence-electron chi connectivity index (χ2n) is 3.00. The van der Waals surface area contributed by atoms with Gasteiger partial charge in [-0.05, 0) is 18.2 Å². The summed E-state index contributed by atoms with van der Waals surface area (Å²) in [5.41, 5.74) is 0. The monoisotopic (exact) mass is 283 g/mol. The maximum absolute atomic E-state index is 12.9. The zero-order valence-electron chi connectivity index (χ0n) is 8.94. The minimum absolute atomic E-state index is 0.0304. The summed E-state index contributed by atoms with van der Waals surface area (Å²) < 4.78 is 40.8. The van der Waals surface area contributed by atoms with Gasteiger partial charge in [0.25, 0.3) is 10.0 Å². The fourth-order valence-electron chi connectivity index (χ4n) is 0.972. The number of hydrogen-bond acceptors (Lipinski definition) is 4. The van der Waals surface area contributed by atoms with Gasteiger partial charge in [-0.1, -0.05) is 16.5 Å². The van der Waals surface area contributed by atoms with E-state index in [4.69, 9.17) is 11.6 Å². The van der Waals surface area contributed by atoms with E-state index in [9.17, 15) is 12.8 Å². The van der Waals surface area contributed by atoms with Crippen LogP contribution in [0.2, 0.25) is 5.02 Å². The predicted octanol–water partition coefficient (Wildman–Crippen LogP) is 1.34. The summed E-state index contributed by atoms with van der Waals surface area (Å²) in [5.74, 6) is -0.702. The van der Waals surface area contributed by atoms with Gasteiger partial charge in [-0.15, -0.1) is 0 Å². The van der Waals surface area contributed by atoms with Crippen LogP contribution in [0.3, 0.4) is 0 Å². The summed E-state index contributed by atoms with van der Waals surface area (Å²) in [5, 5.41) is -0.0887. The molecule has 1 N–H and O–H groups in total. The lowest BCUT2D eigenvalue weighted by Crippen LogP contribution is -2.26. The van der Waals surface area contributed by atoms with Crippen LogP contribution in [-0.4, -0.2) is 28.7 Å². The Bertz CT molecular complexity index is 480. The van der Waals surface area contributed by atoms with Gasteiger partial charge in [0.15, 0.2) is 0 Å². The summed E-state index contributed by atoms with van der Waals surface area (Å²) in [4.78, 5) is 6.09. The number of rotatable bonds is 6. The van der Waals surface area contributed by atoms with Gasteiger partial charge in [-0.3, -0.25) is 4.84 Å². The molecule has 8 heteroatoms. The van der Waals surface area contributed by atoms with Gasteiger partial charge >= 0.3 is 0 Å². The van der Waals surface area contributed by atoms with Gasteiger partial charge in [0.2, 0.25) is 0 Å². The summed E-state index contributed by atoms with van der Waals surface area (Å²) >= 11 is 5.65. The molecule has 0 saturated heterocycles. The van der Waals surface area contributed by atoms with E-state index in [0.717, 1.165) is 18.2 Å². The van der Waals surface area contributed by atoms with Crippen LogP contribution >= 0.6 is 11.6 Å². The number of nitrogens with one attached hydrogen (secondary N) is 1. The minimum atomic E-state index is -3.99. The average Bonchev–Trinajstić information content (AvgIpc) is 2.28. The van der Waals surface area contributed by atoms with Crippen molar-refractivity contribution < 1.29 is 22.4 Å². The van der Waals surface area contributed by atoms with E-state index in [1.807, 2.05) is 4.89 Å². The van der Waals surface area contributed by atoms with Crippen LogP contribution in [0.1, 0.15) is 0 Å². The van der Waals surface area contributed by atoms with Crippen LogP contribution in [0.5, 0.6) is 0 Å². The Morgan fingerprint density at radius 1 is 1.41 bits per heavy atom. The van der Waals surface area contributed by atoms with Crippen molar-refractivity contribution in [2.45, 2.75) is 4.90 Å². The van der Waals surface area contributed by atoms with Gasteiger partial charge in [-0.2, -0.15) is 0 Å². The first-order chi connectivity index (χ1) is 7.97. The molecule has 0 aromatic heterocycles. The fraction of sp³-hybridized carbons (Fsp3) is 0.333. The molecule has 96 valence electrons. The molecule has 0 saturated carbocycles. The standard InChI is InChI=1S/C9H11ClFNO4S/c1-15-4-5-16-12-17(13,14)9-6-7(11)2-3-8(9)10/h2-3,6,12H,4-5H2,1H3. The highest BCUT2D eigenvalue weighted by Crippen LogP contribution is 2.21. The summed E-state index contributed by atoms with van der Waals surface area (Å²) in [7, 11) is -2.55. The van der Waals surface area contributed by atoms with Crippen molar-refractivity contribution in [3.63, 3.8) is 0 Å². The number of ether oxygens (including phenoxy) is 1. The zero-order chi connectivity index (χ0) is 12.9. The number of sulfonamides is 1. The third-order valence-electron chi connectivity index (χ3n) is 1.74. The molecule has 0 aliphatic rings.